The molecule has 0 saturated carbocycles. The second-order valence-electron chi connectivity index (χ2n) is 5.91. The molecule has 1 aliphatic heterocycles. The molecule has 1 saturated heterocycles. The first kappa shape index (κ1) is 16.5. The van der Waals surface area contributed by atoms with Crippen LogP contribution < -0.4 is 5.32 Å². The molecule has 1 aromatic rings. The summed E-state index contributed by atoms with van der Waals surface area (Å²) in [6, 6.07) is 9.42. The smallest absolute Gasteiger partial charge is 0.225 e. The van der Waals surface area contributed by atoms with Crippen molar-refractivity contribution in [3.63, 3.8) is 0 Å². The molecule has 5 heteroatoms. The van der Waals surface area contributed by atoms with E-state index in [9.17, 15) is 9.59 Å². The Morgan fingerprint density at radius 3 is 2.55 bits per heavy atom. The zero-order valence-electron chi connectivity index (χ0n) is 13.4. The van der Waals surface area contributed by atoms with Crippen LogP contribution in [0.25, 0.3) is 0 Å². The van der Waals surface area contributed by atoms with Crippen LogP contribution in [0.1, 0.15) is 31.4 Å². The number of carbonyl (C=O) groups excluding carboxylic acids is 2. The van der Waals surface area contributed by atoms with E-state index >= 15 is 0 Å². The summed E-state index contributed by atoms with van der Waals surface area (Å²) in [6.07, 6.45) is 1.31. The zero-order chi connectivity index (χ0) is 15.9. The molecule has 0 spiro atoms. The fourth-order valence-corrected chi connectivity index (χ4v) is 2.78. The van der Waals surface area contributed by atoms with Crippen LogP contribution in [-0.4, -0.2) is 54.8 Å². The topological polar surface area (TPSA) is 52.7 Å². The number of nitrogens with one attached hydrogen (secondary N) is 1. The van der Waals surface area contributed by atoms with E-state index in [0.29, 0.717) is 6.42 Å². The second-order valence-corrected chi connectivity index (χ2v) is 5.91. The van der Waals surface area contributed by atoms with Gasteiger partial charge in [-0.05, 0) is 25.6 Å². The molecule has 2 rings (SSSR count). The van der Waals surface area contributed by atoms with Crippen molar-refractivity contribution < 1.29 is 9.59 Å². The summed E-state index contributed by atoms with van der Waals surface area (Å²) < 4.78 is 0. The number of hydrogen-bond donors (Lipinski definition) is 1. The van der Waals surface area contributed by atoms with Crippen molar-refractivity contribution in [2.75, 3.05) is 33.2 Å². The Bertz CT molecular complexity index is 504. The van der Waals surface area contributed by atoms with E-state index in [4.69, 9.17) is 0 Å². The third-order valence-corrected chi connectivity index (χ3v) is 4.03. The van der Waals surface area contributed by atoms with Crippen molar-refractivity contribution in [2.24, 2.45) is 0 Å². The molecular formula is C17H25N3O2. The number of benzene rings is 1. The highest BCUT2D eigenvalue weighted by atomic mass is 16.2. The van der Waals surface area contributed by atoms with E-state index in [1.807, 2.05) is 35.2 Å². The van der Waals surface area contributed by atoms with Gasteiger partial charge in [-0.15, -0.1) is 0 Å². The van der Waals surface area contributed by atoms with E-state index in [1.165, 1.54) is 6.92 Å². The van der Waals surface area contributed by atoms with Gasteiger partial charge in [-0.25, -0.2) is 0 Å². The van der Waals surface area contributed by atoms with Gasteiger partial charge in [0.2, 0.25) is 11.8 Å². The summed E-state index contributed by atoms with van der Waals surface area (Å²) >= 11 is 0. The lowest BCUT2D eigenvalue weighted by atomic mass is 10.0. The average Bonchev–Trinajstić information content (AvgIpc) is 2.72. The lowest BCUT2D eigenvalue weighted by molar-refractivity contribution is -0.131. The van der Waals surface area contributed by atoms with Gasteiger partial charge in [0.1, 0.15) is 0 Å². The quantitative estimate of drug-likeness (QED) is 0.915. The van der Waals surface area contributed by atoms with Crippen molar-refractivity contribution in [3.05, 3.63) is 35.9 Å². The minimum atomic E-state index is -0.257. The number of nitrogens with zero attached hydrogens (tertiary/aromatic N) is 2. The molecule has 1 heterocycles. The molecule has 1 atom stereocenters. The van der Waals surface area contributed by atoms with Crippen molar-refractivity contribution in [3.8, 4) is 0 Å². The van der Waals surface area contributed by atoms with Crippen LogP contribution >= 0.6 is 0 Å². The molecule has 22 heavy (non-hydrogen) atoms. The summed E-state index contributed by atoms with van der Waals surface area (Å²) in [5, 5.41) is 2.89. The predicted octanol–water partition coefficient (Wildman–Crippen LogP) is 1.42. The fraction of sp³-hybridized carbons (Fsp3) is 0.529. The molecule has 1 fully saturated rings. The largest absolute Gasteiger partial charge is 0.349 e. The van der Waals surface area contributed by atoms with Crippen molar-refractivity contribution in [2.45, 2.75) is 25.8 Å². The summed E-state index contributed by atoms with van der Waals surface area (Å²) in [6.45, 7) is 4.97. The highest BCUT2D eigenvalue weighted by molar-refractivity contribution is 5.79. The Labute approximate surface area is 132 Å². The number of hydrogen-bond acceptors (Lipinski definition) is 3. The number of amides is 2. The molecule has 0 aliphatic carbocycles. The van der Waals surface area contributed by atoms with Gasteiger partial charge in [-0.3, -0.25) is 9.59 Å². The molecule has 1 unspecified atom stereocenters. The minimum Gasteiger partial charge on any atom is -0.349 e. The molecule has 0 bridgehead atoms. The number of rotatable bonds is 4. The van der Waals surface area contributed by atoms with Crippen molar-refractivity contribution >= 4 is 11.8 Å². The first-order valence-corrected chi connectivity index (χ1v) is 7.84. The fourth-order valence-electron chi connectivity index (χ4n) is 2.78. The third-order valence-electron chi connectivity index (χ3n) is 4.03. The van der Waals surface area contributed by atoms with E-state index in [-0.39, 0.29) is 17.9 Å². The monoisotopic (exact) mass is 303 g/mol. The van der Waals surface area contributed by atoms with Crippen LogP contribution in [0.3, 0.4) is 0 Å². The maximum Gasteiger partial charge on any atom is 0.225 e. The van der Waals surface area contributed by atoms with Crippen LogP contribution in [0, 0.1) is 0 Å². The van der Waals surface area contributed by atoms with Gasteiger partial charge in [0.25, 0.3) is 0 Å². The van der Waals surface area contributed by atoms with Gasteiger partial charge in [-0.2, -0.15) is 0 Å². The summed E-state index contributed by atoms with van der Waals surface area (Å²) in [5.41, 5.74) is 0.970. The predicted molar refractivity (Wildman–Crippen MR) is 86.3 cm³/mol. The Morgan fingerprint density at radius 2 is 1.86 bits per heavy atom. The van der Waals surface area contributed by atoms with Crippen LogP contribution in [0.5, 0.6) is 0 Å². The third kappa shape index (κ3) is 4.84. The molecule has 1 aliphatic rings. The van der Waals surface area contributed by atoms with E-state index in [0.717, 1.165) is 38.2 Å². The molecule has 5 nitrogen and oxygen atoms in total. The van der Waals surface area contributed by atoms with Gasteiger partial charge in [-0.1, -0.05) is 30.3 Å². The van der Waals surface area contributed by atoms with Crippen LogP contribution in [0.4, 0.5) is 0 Å². The molecule has 1 N–H and O–H groups in total. The van der Waals surface area contributed by atoms with Gasteiger partial charge >= 0.3 is 0 Å². The van der Waals surface area contributed by atoms with E-state index < -0.39 is 0 Å². The first-order chi connectivity index (χ1) is 10.6. The van der Waals surface area contributed by atoms with Crippen molar-refractivity contribution in [1.29, 1.82) is 0 Å². The van der Waals surface area contributed by atoms with Crippen LogP contribution in [0.2, 0.25) is 0 Å². The van der Waals surface area contributed by atoms with Gasteiger partial charge in [0, 0.05) is 26.6 Å². The SMILES string of the molecule is CC(=O)NC(CC(=O)N1CCCN(C)CC1)c1ccccc1. The van der Waals surface area contributed by atoms with Crippen LogP contribution in [0.15, 0.2) is 30.3 Å². The van der Waals surface area contributed by atoms with E-state index in [1.54, 1.807) is 0 Å². The van der Waals surface area contributed by atoms with Gasteiger partial charge < -0.3 is 15.1 Å². The first-order valence-electron chi connectivity index (χ1n) is 7.84. The Balaban J connectivity index is 2.03. The van der Waals surface area contributed by atoms with Crippen LogP contribution in [-0.2, 0) is 9.59 Å². The Kier molecular flexibility index (Phi) is 5.95. The highest BCUT2D eigenvalue weighted by Crippen LogP contribution is 2.18. The molecule has 1 aromatic carbocycles. The lowest BCUT2D eigenvalue weighted by Gasteiger charge is -2.24. The summed E-state index contributed by atoms with van der Waals surface area (Å²) in [7, 11) is 2.08. The maximum atomic E-state index is 12.6. The number of likely N-dealkylation sites (N-methyl/N-ethyl adjacent to an activating group) is 1. The number of carbonyl (C=O) groups is 2. The standard InChI is InChI=1S/C17H25N3O2/c1-14(21)18-16(15-7-4-3-5-8-15)13-17(22)20-10-6-9-19(2)11-12-20/h3-5,7-8,16H,6,9-13H2,1-2H3,(H,18,21). The lowest BCUT2D eigenvalue weighted by Crippen LogP contribution is -2.37. The Hall–Kier alpha value is -1.88. The average molecular weight is 303 g/mol. The molecule has 2 amide bonds. The van der Waals surface area contributed by atoms with E-state index in [2.05, 4.69) is 17.3 Å². The highest BCUT2D eigenvalue weighted by Gasteiger charge is 2.22. The van der Waals surface area contributed by atoms with Gasteiger partial charge in [0.05, 0.1) is 12.5 Å². The molecule has 120 valence electrons. The second kappa shape index (κ2) is 7.94. The zero-order valence-corrected chi connectivity index (χ0v) is 13.4. The van der Waals surface area contributed by atoms with Gasteiger partial charge in [0.15, 0.2) is 0 Å². The van der Waals surface area contributed by atoms with Crippen molar-refractivity contribution in [1.82, 2.24) is 15.1 Å². The summed E-state index contributed by atoms with van der Waals surface area (Å²) in [4.78, 5) is 28.2. The molecule has 0 radical (unpaired) electrons. The molecular weight excluding hydrogens is 278 g/mol. The minimum absolute atomic E-state index is 0.109. The maximum absolute atomic E-state index is 12.6. The summed E-state index contributed by atoms with van der Waals surface area (Å²) in [5.74, 6) is -0.00449. The molecule has 0 aromatic heterocycles. The Morgan fingerprint density at radius 1 is 1.14 bits per heavy atom. The normalized spacial score (nSPS) is 17.6.